The summed E-state index contributed by atoms with van der Waals surface area (Å²) in [4.78, 5) is 3.53. The lowest BCUT2D eigenvalue weighted by molar-refractivity contribution is 0.708. The van der Waals surface area contributed by atoms with Gasteiger partial charge in [-0.25, -0.2) is 0 Å². The zero-order chi connectivity index (χ0) is 10.3. The van der Waals surface area contributed by atoms with Crippen molar-refractivity contribution in [2.75, 3.05) is 5.73 Å². The second kappa shape index (κ2) is 3.30. The number of hydrogen-bond donors (Lipinski definition) is 2. The van der Waals surface area contributed by atoms with Crippen molar-refractivity contribution in [1.29, 1.82) is 0 Å². The lowest BCUT2D eigenvalue weighted by atomic mass is 10.1. The summed E-state index contributed by atoms with van der Waals surface area (Å²) in [5, 5.41) is 1.34. The number of aromatic amines is 1. The van der Waals surface area contributed by atoms with Crippen molar-refractivity contribution in [3.63, 3.8) is 0 Å². The van der Waals surface area contributed by atoms with Crippen LogP contribution < -0.4 is 5.73 Å². The highest BCUT2D eigenvalue weighted by atomic mass is 14.7. The Bertz CT molecular complexity index is 496. The summed E-state index contributed by atoms with van der Waals surface area (Å²) < 4.78 is 0. The highest BCUT2D eigenvalue weighted by Crippen LogP contribution is 2.29. The number of benzene rings is 1. The molecule has 0 bridgehead atoms. The van der Waals surface area contributed by atoms with Gasteiger partial charge in [-0.2, -0.15) is 0 Å². The normalized spacial score (nSPS) is 16.3. The molecule has 1 heterocycles. The number of hydrogen-bond acceptors (Lipinski definition) is 1. The maximum absolute atomic E-state index is 5.84. The van der Waals surface area contributed by atoms with Crippen molar-refractivity contribution in [2.24, 2.45) is 0 Å². The molecule has 0 saturated carbocycles. The Kier molecular flexibility index (Phi) is 1.94. The maximum Gasteiger partial charge on any atom is 0.0460 e. The standard InChI is InChI=1S/C13H16N2/c14-9-6-7-13-11(8-9)10-4-2-1-3-5-12(10)15-13/h6-8,15H,1-5,14H2. The molecule has 1 aromatic carbocycles. The average molecular weight is 200 g/mol. The SMILES string of the molecule is Nc1ccc2[nH]c3c(c2c1)CCCCC3. The minimum atomic E-state index is 0.869. The molecule has 2 nitrogen and oxygen atoms in total. The van der Waals surface area contributed by atoms with Gasteiger partial charge in [0.25, 0.3) is 0 Å². The van der Waals surface area contributed by atoms with Gasteiger partial charge in [0, 0.05) is 22.3 Å². The molecule has 3 rings (SSSR count). The van der Waals surface area contributed by atoms with Crippen LogP contribution in [0, 0.1) is 0 Å². The monoisotopic (exact) mass is 200 g/mol. The Labute approximate surface area is 89.5 Å². The van der Waals surface area contributed by atoms with E-state index in [0.29, 0.717) is 0 Å². The lowest BCUT2D eigenvalue weighted by Crippen LogP contribution is -1.87. The van der Waals surface area contributed by atoms with Gasteiger partial charge in [-0.3, -0.25) is 0 Å². The van der Waals surface area contributed by atoms with E-state index in [1.54, 1.807) is 0 Å². The molecule has 78 valence electrons. The summed E-state index contributed by atoms with van der Waals surface area (Å²) in [5.41, 5.74) is 10.9. The minimum Gasteiger partial charge on any atom is -0.399 e. The van der Waals surface area contributed by atoms with Crippen LogP contribution in [0.4, 0.5) is 5.69 Å². The van der Waals surface area contributed by atoms with Gasteiger partial charge < -0.3 is 10.7 Å². The van der Waals surface area contributed by atoms with Crippen LogP contribution in [0.25, 0.3) is 10.9 Å². The van der Waals surface area contributed by atoms with Crippen molar-refractivity contribution in [3.8, 4) is 0 Å². The zero-order valence-corrected chi connectivity index (χ0v) is 8.84. The number of nitrogens with two attached hydrogens (primary N) is 1. The van der Waals surface area contributed by atoms with Crippen LogP contribution in [0.1, 0.15) is 30.5 Å². The predicted molar refractivity (Wildman–Crippen MR) is 64.0 cm³/mol. The van der Waals surface area contributed by atoms with Crippen molar-refractivity contribution >= 4 is 16.6 Å². The molecule has 0 radical (unpaired) electrons. The Morgan fingerprint density at radius 1 is 1.07 bits per heavy atom. The first-order valence-electron chi connectivity index (χ1n) is 5.73. The van der Waals surface area contributed by atoms with Crippen LogP contribution in [0.5, 0.6) is 0 Å². The summed E-state index contributed by atoms with van der Waals surface area (Å²) in [6.07, 6.45) is 6.39. The molecule has 15 heavy (non-hydrogen) atoms. The molecule has 1 aliphatic carbocycles. The molecule has 0 unspecified atom stereocenters. The van der Waals surface area contributed by atoms with Crippen molar-refractivity contribution in [2.45, 2.75) is 32.1 Å². The minimum absolute atomic E-state index is 0.869. The molecule has 0 saturated heterocycles. The number of H-pyrrole nitrogens is 1. The molecular formula is C13H16N2. The Hall–Kier alpha value is -1.44. The smallest absolute Gasteiger partial charge is 0.0460 e. The molecule has 0 spiro atoms. The summed E-state index contributed by atoms with van der Waals surface area (Å²) in [7, 11) is 0. The van der Waals surface area contributed by atoms with Gasteiger partial charge in [-0.15, -0.1) is 0 Å². The van der Waals surface area contributed by atoms with Crippen molar-refractivity contribution in [1.82, 2.24) is 4.98 Å². The van der Waals surface area contributed by atoms with Gasteiger partial charge in [0.15, 0.2) is 0 Å². The van der Waals surface area contributed by atoms with E-state index in [-0.39, 0.29) is 0 Å². The zero-order valence-electron chi connectivity index (χ0n) is 8.84. The number of aryl methyl sites for hydroxylation is 2. The van der Waals surface area contributed by atoms with Gasteiger partial charge in [0.05, 0.1) is 0 Å². The Morgan fingerprint density at radius 3 is 2.87 bits per heavy atom. The van der Waals surface area contributed by atoms with Crippen LogP contribution in [0.2, 0.25) is 0 Å². The molecule has 0 atom stereocenters. The third-order valence-electron chi connectivity index (χ3n) is 3.37. The Balaban J connectivity index is 2.24. The van der Waals surface area contributed by atoms with E-state index in [0.717, 1.165) is 5.69 Å². The topological polar surface area (TPSA) is 41.8 Å². The Morgan fingerprint density at radius 2 is 1.93 bits per heavy atom. The first-order valence-corrected chi connectivity index (χ1v) is 5.73. The summed E-state index contributed by atoms with van der Waals surface area (Å²) in [6.45, 7) is 0. The van der Waals surface area contributed by atoms with E-state index >= 15 is 0 Å². The van der Waals surface area contributed by atoms with Crippen molar-refractivity contribution < 1.29 is 0 Å². The first-order chi connectivity index (χ1) is 7.34. The summed E-state index contributed by atoms with van der Waals surface area (Å²) in [6, 6.07) is 6.17. The van der Waals surface area contributed by atoms with Gasteiger partial charge >= 0.3 is 0 Å². The van der Waals surface area contributed by atoms with Crippen LogP contribution in [0.3, 0.4) is 0 Å². The molecule has 2 aromatic rings. The molecule has 0 aliphatic heterocycles. The molecule has 0 fully saturated rings. The van der Waals surface area contributed by atoms with Gasteiger partial charge in [0.1, 0.15) is 0 Å². The molecule has 3 N–H and O–H groups in total. The van der Waals surface area contributed by atoms with E-state index in [1.165, 1.54) is 54.3 Å². The molecule has 2 heteroatoms. The fraction of sp³-hybridized carbons (Fsp3) is 0.385. The van der Waals surface area contributed by atoms with Crippen LogP contribution in [-0.4, -0.2) is 4.98 Å². The maximum atomic E-state index is 5.84. The highest BCUT2D eigenvalue weighted by Gasteiger charge is 2.13. The van der Waals surface area contributed by atoms with Crippen LogP contribution in [-0.2, 0) is 12.8 Å². The van der Waals surface area contributed by atoms with E-state index in [4.69, 9.17) is 5.73 Å². The van der Waals surface area contributed by atoms with E-state index in [1.807, 2.05) is 6.07 Å². The quantitative estimate of drug-likeness (QED) is 0.498. The highest BCUT2D eigenvalue weighted by molar-refractivity contribution is 5.87. The first kappa shape index (κ1) is 8.84. The third kappa shape index (κ3) is 1.41. The van der Waals surface area contributed by atoms with Crippen molar-refractivity contribution in [3.05, 3.63) is 29.5 Å². The van der Waals surface area contributed by atoms with E-state index in [2.05, 4.69) is 17.1 Å². The molecular weight excluding hydrogens is 184 g/mol. The number of fused-ring (bicyclic) bond motifs is 3. The second-order valence-corrected chi connectivity index (χ2v) is 4.45. The number of aromatic nitrogens is 1. The van der Waals surface area contributed by atoms with Gasteiger partial charge in [-0.1, -0.05) is 6.42 Å². The van der Waals surface area contributed by atoms with Gasteiger partial charge in [-0.05, 0) is 49.4 Å². The average Bonchev–Trinajstić information content (AvgIpc) is 2.44. The summed E-state index contributed by atoms with van der Waals surface area (Å²) >= 11 is 0. The summed E-state index contributed by atoms with van der Waals surface area (Å²) in [5.74, 6) is 0. The van der Waals surface area contributed by atoms with Crippen LogP contribution in [0.15, 0.2) is 18.2 Å². The number of nitrogen functional groups attached to an aromatic ring is 1. The number of nitrogens with one attached hydrogen (secondary N) is 1. The largest absolute Gasteiger partial charge is 0.399 e. The molecule has 1 aromatic heterocycles. The van der Waals surface area contributed by atoms with Gasteiger partial charge in [0.2, 0.25) is 0 Å². The van der Waals surface area contributed by atoms with E-state index < -0.39 is 0 Å². The number of anilines is 1. The molecule has 0 amide bonds. The van der Waals surface area contributed by atoms with E-state index in [9.17, 15) is 0 Å². The second-order valence-electron chi connectivity index (χ2n) is 4.45. The fourth-order valence-corrected chi connectivity index (χ4v) is 2.60. The lowest BCUT2D eigenvalue weighted by Gasteiger charge is -1.98. The number of rotatable bonds is 0. The van der Waals surface area contributed by atoms with Crippen LogP contribution >= 0.6 is 0 Å². The predicted octanol–water partition coefficient (Wildman–Crippen LogP) is 3.02. The third-order valence-corrected chi connectivity index (χ3v) is 3.37. The fourth-order valence-electron chi connectivity index (χ4n) is 2.60. The molecule has 1 aliphatic rings.